The first-order valence-corrected chi connectivity index (χ1v) is 10.5. The minimum Gasteiger partial charge on any atom is -0.416 e. The number of rotatable bonds is 7. The van der Waals surface area contributed by atoms with Crippen molar-refractivity contribution < 1.29 is 23.6 Å². The number of amides is 6. The Morgan fingerprint density at radius 3 is 2.68 bits per heavy atom. The Morgan fingerprint density at radius 1 is 1.23 bits per heavy atom. The van der Waals surface area contributed by atoms with Crippen molar-refractivity contribution in [2.45, 2.75) is 31.2 Å². The van der Waals surface area contributed by atoms with Gasteiger partial charge in [0.15, 0.2) is 0 Å². The highest BCUT2D eigenvalue weighted by atomic mass is 32.2. The molecule has 0 saturated carbocycles. The van der Waals surface area contributed by atoms with Gasteiger partial charge in [-0.3, -0.25) is 19.8 Å². The number of imide groups is 2. The maximum absolute atomic E-state index is 13.0. The SMILES string of the molecule is CNC(=O)NC(=O)CSc1nnc(CC2C(=O)N(Cc3ccccc3)C(=O)NC2C)o1. The van der Waals surface area contributed by atoms with Crippen LogP contribution in [0.1, 0.15) is 18.4 Å². The average Bonchev–Trinajstić information content (AvgIpc) is 3.21. The third-order valence-electron chi connectivity index (χ3n) is 4.62. The van der Waals surface area contributed by atoms with Crippen LogP contribution in [-0.4, -0.2) is 57.8 Å². The summed E-state index contributed by atoms with van der Waals surface area (Å²) in [4.78, 5) is 49.3. The van der Waals surface area contributed by atoms with Crippen LogP contribution in [-0.2, 0) is 22.6 Å². The van der Waals surface area contributed by atoms with Gasteiger partial charge in [0.2, 0.25) is 17.7 Å². The van der Waals surface area contributed by atoms with Gasteiger partial charge < -0.3 is 15.1 Å². The molecule has 11 nitrogen and oxygen atoms in total. The first-order valence-electron chi connectivity index (χ1n) is 9.50. The number of aromatic nitrogens is 2. The van der Waals surface area contributed by atoms with Crippen molar-refractivity contribution in [3.63, 3.8) is 0 Å². The van der Waals surface area contributed by atoms with Crippen molar-refractivity contribution in [1.29, 1.82) is 0 Å². The number of nitrogens with one attached hydrogen (secondary N) is 3. The summed E-state index contributed by atoms with van der Waals surface area (Å²) in [5.41, 5.74) is 0.839. The topological polar surface area (TPSA) is 147 Å². The van der Waals surface area contributed by atoms with Gasteiger partial charge in [0, 0.05) is 19.5 Å². The second-order valence-corrected chi connectivity index (χ2v) is 7.76. The molecule has 2 unspecified atom stereocenters. The van der Waals surface area contributed by atoms with E-state index in [2.05, 4.69) is 26.1 Å². The van der Waals surface area contributed by atoms with Gasteiger partial charge in [0.25, 0.3) is 5.22 Å². The van der Waals surface area contributed by atoms with Crippen molar-refractivity contribution >= 4 is 35.6 Å². The fraction of sp³-hybridized carbons (Fsp3) is 0.368. The maximum Gasteiger partial charge on any atom is 0.324 e. The summed E-state index contributed by atoms with van der Waals surface area (Å²) in [6.07, 6.45) is 0.142. The Kier molecular flexibility index (Phi) is 7.23. The highest BCUT2D eigenvalue weighted by molar-refractivity contribution is 7.99. The van der Waals surface area contributed by atoms with Crippen LogP contribution in [0.15, 0.2) is 40.0 Å². The molecular weight excluding hydrogens is 424 g/mol. The zero-order valence-electron chi connectivity index (χ0n) is 17.0. The van der Waals surface area contributed by atoms with Crippen molar-refractivity contribution in [2.75, 3.05) is 12.8 Å². The molecule has 6 amide bonds. The Hall–Kier alpha value is -3.41. The van der Waals surface area contributed by atoms with Crippen LogP contribution >= 0.6 is 11.8 Å². The van der Waals surface area contributed by atoms with E-state index in [1.165, 1.54) is 11.9 Å². The van der Waals surface area contributed by atoms with E-state index < -0.39 is 29.9 Å². The van der Waals surface area contributed by atoms with E-state index >= 15 is 0 Å². The Morgan fingerprint density at radius 2 is 1.97 bits per heavy atom. The van der Waals surface area contributed by atoms with E-state index in [0.29, 0.717) is 0 Å². The summed E-state index contributed by atoms with van der Waals surface area (Å²) >= 11 is 0.971. The zero-order valence-corrected chi connectivity index (χ0v) is 17.8. The highest BCUT2D eigenvalue weighted by Gasteiger charge is 2.39. The van der Waals surface area contributed by atoms with Crippen LogP contribution in [0, 0.1) is 5.92 Å². The second-order valence-electron chi connectivity index (χ2n) is 6.84. The second kappa shape index (κ2) is 10.1. The highest BCUT2D eigenvalue weighted by Crippen LogP contribution is 2.23. The molecule has 1 aliphatic rings. The van der Waals surface area contributed by atoms with Gasteiger partial charge in [-0.05, 0) is 12.5 Å². The van der Waals surface area contributed by atoms with Gasteiger partial charge in [0.1, 0.15) is 0 Å². The van der Waals surface area contributed by atoms with Crippen LogP contribution in [0.25, 0.3) is 0 Å². The summed E-state index contributed by atoms with van der Waals surface area (Å²) in [6.45, 7) is 1.91. The number of carbonyl (C=O) groups is 4. The molecule has 1 aromatic heterocycles. The lowest BCUT2D eigenvalue weighted by Crippen LogP contribution is -2.59. The molecular formula is C19H22N6O5S. The Bertz CT molecular complexity index is 966. The summed E-state index contributed by atoms with van der Waals surface area (Å²) in [7, 11) is 1.40. The summed E-state index contributed by atoms with van der Waals surface area (Å²) in [6, 6.07) is 7.77. The number of hydrogen-bond donors (Lipinski definition) is 3. The Labute approximate surface area is 182 Å². The van der Waals surface area contributed by atoms with Crippen molar-refractivity contribution in [2.24, 2.45) is 5.92 Å². The molecule has 0 bridgehead atoms. The Balaban J connectivity index is 1.61. The number of benzene rings is 1. The predicted octanol–water partition coefficient (Wildman–Crippen LogP) is 0.916. The van der Waals surface area contributed by atoms with Crippen LogP contribution in [0.2, 0.25) is 0 Å². The van der Waals surface area contributed by atoms with Gasteiger partial charge in [-0.15, -0.1) is 10.2 Å². The van der Waals surface area contributed by atoms with Crippen LogP contribution < -0.4 is 16.0 Å². The number of thioether (sulfide) groups is 1. The van der Waals surface area contributed by atoms with Crippen molar-refractivity contribution in [3.8, 4) is 0 Å². The molecule has 3 N–H and O–H groups in total. The average molecular weight is 446 g/mol. The van der Waals surface area contributed by atoms with Crippen molar-refractivity contribution in [1.82, 2.24) is 31.0 Å². The van der Waals surface area contributed by atoms with Gasteiger partial charge in [0.05, 0.1) is 18.2 Å². The molecule has 164 valence electrons. The molecule has 0 spiro atoms. The van der Waals surface area contributed by atoms with E-state index in [9.17, 15) is 19.2 Å². The normalized spacial score (nSPS) is 18.5. The minimum atomic E-state index is -0.608. The number of urea groups is 2. The lowest BCUT2D eigenvalue weighted by atomic mass is 9.93. The standard InChI is InChI=1S/C19H22N6O5S/c1-11-13(16(27)25(18(29)21-11)9-12-6-4-3-5-7-12)8-15-23-24-19(30-15)31-10-14(26)22-17(28)20-2/h3-7,11,13H,8-10H2,1-2H3,(H,21,29)(H2,20,22,26,28). The molecule has 1 aromatic carbocycles. The smallest absolute Gasteiger partial charge is 0.324 e. The van der Waals surface area contributed by atoms with Crippen LogP contribution in [0.5, 0.6) is 0 Å². The maximum atomic E-state index is 13.0. The molecule has 2 aromatic rings. The zero-order chi connectivity index (χ0) is 22.4. The fourth-order valence-electron chi connectivity index (χ4n) is 2.99. The molecule has 2 atom stereocenters. The molecule has 12 heteroatoms. The van der Waals surface area contributed by atoms with Gasteiger partial charge >= 0.3 is 12.1 Å². The van der Waals surface area contributed by atoms with Crippen LogP contribution in [0.4, 0.5) is 9.59 Å². The monoisotopic (exact) mass is 446 g/mol. The largest absolute Gasteiger partial charge is 0.416 e. The molecule has 1 fully saturated rings. The molecule has 1 aliphatic heterocycles. The first kappa shape index (κ1) is 22.3. The van der Waals surface area contributed by atoms with Crippen LogP contribution in [0.3, 0.4) is 0 Å². The van der Waals surface area contributed by atoms with E-state index in [4.69, 9.17) is 4.42 Å². The molecule has 0 radical (unpaired) electrons. The lowest BCUT2D eigenvalue weighted by Gasteiger charge is -2.35. The summed E-state index contributed by atoms with van der Waals surface area (Å²) in [5.74, 6) is -1.28. The molecule has 3 rings (SSSR count). The van der Waals surface area contributed by atoms with E-state index in [-0.39, 0.29) is 35.7 Å². The molecule has 0 aliphatic carbocycles. The number of nitrogens with zero attached hydrogens (tertiary/aromatic N) is 3. The minimum absolute atomic E-state index is 0.0886. The van der Waals surface area contributed by atoms with Gasteiger partial charge in [-0.25, -0.2) is 9.59 Å². The fourth-order valence-corrected chi connectivity index (χ4v) is 3.57. The summed E-state index contributed by atoms with van der Waals surface area (Å²) < 4.78 is 5.52. The quantitative estimate of drug-likeness (QED) is 0.532. The number of carbonyl (C=O) groups excluding carboxylic acids is 4. The summed E-state index contributed by atoms with van der Waals surface area (Å²) in [5, 5.41) is 15.1. The third-order valence-corrected chi connectivity index (χ3v) is 5.43. The third kappa shape index (κ3) is 5.81. The van der Waals surface area contributed by atoms with Gasteiger partial charge in [-0.1, -0.05) is 42.1 Å². The first-order chi connectivity index (χ1) is 14.9. The van der Waals surface area contributed by atoms with E-state index in [0.717, 1.165) is 17.3 Å². The van der Waals surface area contributed by atoms with Gasteiger partial charge in [-0.2, -0.15) is 0 Å². The lowest BCUT2D eigenvalue weighted by molar-refractivity contribution is -0.135. The predicted molar refractivity (Wildman–Crippen MR) is 110 cm³/mol. The molecule has 31 heavy (non-hydrogen) atoms. The molecule has 2 heterocycles. The van der Waals surface area contributed by atoms with E-state index in [1.807, 2.05) is 30.3 Å². The number of hydrogen-bond acceptors (Lipinski definition) is 8. The van der Waals surface area contributed by atoms with Crippen molar-refractivity contribution in [3.05, 3.63) is 41.8 Å². The van der Waals surface area contributed by atoms with E-state index in [1.54, 1.807) is 6.92 Å². The molecule has 1 saturated heterocycles.